The lowest BCUT2D eigenvalue weighted by atomic mass is 10.1. The predicted octanol–water partition coefficient (Wildman–Crippen LogP) is 2.17. The van der Waals surface area contributed by atoms with Crippen LogP contribution in [0.4, 0.5) is 4.39 Å². The first kappa shape index (κ1) is 9.16. The molecule has 0 aliphatic rings. The Morgan fingerprint density at radius 1 is 1.50 bits per heavy atom. The van der Waals surface area contributed by atoms with Crippen LogP contribution in [0.25, 0.3) is 0 Å². The topological polar surface area (TPSA) is 32.3 Å². The van der Waals surface area contributed by atoms with Gasteiger partial charge in [-0.1, -0.05) is 12.1 Å². The third-order valence-corrected chi connectivity index (χ3v) is 1.89. The highest BCUT2D eigenvalue weighted by atomic mass is 19.1. The summed E-state index contributed by atoms with van der Waals surface area (Å²) in [5.74, 6) is -0.241. The molecule has 3 heteroatoms. The van der Waals surface area contributed by atoms with Crippen LogP contribution in [0.3, 0.4) is 0 Å². The quantitative estimate of drug-likeness (QED) is 0.665. The molecule has 1 rings (SSSR count). The summed E-state index contributed by atoms with van der Waals surface area (Å²) < 4.78 is 13.0. The molecule has 0 fully saturated rings. The predicted molar refractivity (Wildman–Crippen MR) is 44.5 cm³/mol. The van der Waals surface area contributed by atoms with Crippen molar-refractivity contribution in [2.75, 3.05) is 0 Å². The van der Waals surface area contributed by atoms with Crippen molar-refractivity contribution in [2.45, 2.75) is 19.9 Å². The van der Waals surface area contributed by atoms with Gasteiger partial charge in [0.05, 0.1) is 6.04 Å². The van der Waals surface area contributed by atoms with E-state index >= 15 is 0 Å². The van der Waals surface area contributed by atoms with Crippen LogP contribution in [0.15, 0.2) is 18.2 Å². The Morgan fingerprint density at radius 3 is 2.67 bits per heavy atom. The molecule has 0 aliphatic heterocycles. The minimum absolute atomic E-state index is 0.236. The first-order valence-corrected chi connectivity index (χ1v) is 3.81. The van der Waals surface area contributed by atoms with E-state index in [1.807, 2.05) is 0 Å². The molecule has 0 bridgehead atoms. The molecule has 0 aliphatic carbocycles. The van der Waals surface area contributed by atoms with Crippen molar-refractivity contribution in [1.82, 2.24) is 5.48 Å². The van der Waals surface area contributed by atoms with E-state index in [0.717, 1.165) is 5.56 Å². The molecular weight excluding hydrogens is 157 g/mol. The number of hydrogen-bond acceptors (Lipinski definition) is 2. The molecule has 12 heavy (non-hydrogen) atoms. The number of hydroxylamine groups is 1. The molecule has 0 radical (unpaired) electrons. The maximum atomic E-state index is 13.0. The Hall–Kier alpha value is -0.930. The van der Waals surface area contributed by atoms with Crippen LogP contribution >= 0.6 is 0 Å². The van der Waals surface area contributed by atoms with Crippen molar-refractivity contribution in [2.24, 2.45) is 0 Å². The summed E-state index contributed by atoms with van der Waals surface area (Å²) in [6.07, 6.45) is 0. The first-order chi connectivity index (χ1) is 5.65. The second-order valence-corrected chi connectivity index (χ2v) is 2.86. The van der Waals surface area contributed by atoms with Gasteiger partial charge in [0.25, 0.3) is 0 Å². The van der Waals surface area contributed by atoms with Gasteiger partial charge in [-0.05, 0) is 31.0 Å². The van der Waals surface area contributed by atoms with E-state index in [-0.39, 0.29) is 11.9 Å². The number of aryl methyl sites for hydroxylation is 1. The summed E-state index contributed by atoms with van der Waals surface area (Å²) >= 11 is 0. The highest BCUT2D eigenvalue weighted by molar-refractivity contribution is 5.25. The summed E-state index contributed by atoms with van der Waals surface area (Å²) in [4.78, 5) is 0. The van der Waals surface area contributed by atoms with E-state index in [0.29, 0.717) is 5.56 Å². The van der Waals surface area contributed by atoms with Crippen LogP contribution in [0.1, 0.15) is 24.1 Å². The molecule has 0 saturated carbocycles. The highest BCUT2D eigenvalue weighted by Gasteiger charge is 2.05. The summed E-state index contributed by atoms with van der Waals surface area (Å²) in [6.45, 7) is 3.46. The molecule has 66 valence electrons. The number of rotatable bonds is 2. The van der Waals surface area contributed by atoms with Crippen molar-refractivity contribution in [3.63, 3.8) is 0 Å². The van der Waals surface area contributed by atoms with Crippen molar-refractivity contribution in [1.29, 1.82) is 0 Å². The van der Waals surface area contributed by atoms with E-state index in [9.17, 15) is 4.39 Å². The largest absolute Gasteiger partial charge is 0.316 e. The number of benzene rings is 1. The standard InChI is InChI=1S/C9H12FNO/c1-6-3-4-8(5-9(6)10)7(2)11-12/h3-5,7,11-12H,1-2H3. The van der Waals surface area contributed by atoms with E-state index < -0.39 is 0 Å². The Labute approximate surface area is 71.0 Å². The maximum absolute atomic E-state index is 13.0. The van der Waals surface area contributed by atoms with Gasteiger partial charge in [0.15, 0.2) is 0 Å². The SMILES string of the molecule is Cc1ccc(C(C)NO)cc1F. The molecule has 0 heterocycles. The minimum Gasteiger partial charge on any atom is -0.316 e. The fraction of sp³-hybridized carbons (Fsp3) is 0.333. The van der Waals surface area contributed by atoms with Gasteiger partial charge in [-0.2, -0.15) is 5.48 Å². The Balaban J connectivity index is 2.96. The fourth-order valence-corrected chi connectivity index (χ4v) is 0.953. The van der Waals surface area contributed by atoms with Crippen LogP contribution in [-0.4, -0.2) is 5.21 Å². The van der Waals surface area contributed by atoms with Gasteiger partial charge in [0, 0.05) is 0 Å². The zero-order valence-corrected chi connectivity index (χ0v) is 7.13. The smallest absolute Gasteiger partial charge is 0.126 e. The molecule has 1 atom stereocenters. The van der Waals surface area contributed by atoms with Crippen LogP contribution in [0.2, 0.25) is 0 Å². The van der Waals surface area contributed by atoms with Crippen molar-refractivity contribution >= 4 is 0 Å². The zero-order valence-electron chi connectivity index (χ0n) is 7.13. The molecule has 1 unspecified atom stereocenters. The lowest BCUT2D eigenvalue weighted by Gasteiger charge is -2.09. The maximum Gasteiger partial charge on any atom is 0.126 e. The average molecular weight is 169 g/mol. The van der Waals surface area contributed by atoms with Crippen molar-refractivity contribution in [3.8, 4) is 0 Å². The van der Waals surface area contributed by atoms with E-state index in [2.05, 4.69) is 5.48 Å². The third-order valence-electron chi connectivity index (χ3n) is 1.89. The van der Waals surface area contributed by atoms with E-state index in [4.69, 9.17) is 5.21 Å². The van der Waals surface area contributed by atoms with Gasteiger partial charge in [-0.15, -0.1) is 0 Å². The molecule has 2 nitrogen and oxygen atoms in total. The number of halogens is 1. The Morgan fingerprint density at radius 2 is 2.17 bits per heavy atom. The molecule has 0 amide bonds. The molecular formula is C9H12FNO. The van der Waals surface area contributed by atoms with Crippen molar-refractivity contribution < 1.29 is 9.60 Å². The molecule has 0 aromatic heterocycles. The van der Waals surface area contributed by atoms with Crippen LogP contribution in [-0.2, 0) is 0 Å². The summed E-state index contributed by atoms with van der Waals surface area (Å²) in [5, 5.41) is 8.58. The number of hydrogen-bond donors (Lipinski definition) is 2. The van der Waals surface area contributed by atoms with Crippen LogP contribution < -0.4 is 5.48 Å². The van der Waals surface area contributed by atoms with Gasteiger partial charge < -0.3 is 5.21 Å². The van der Waals surface area contributed by atoms with Gasteiger partial charge in [0.2, 0.25) is 0 Å². The van der Waals surface area contributed by atoms with E-state index in [1.54, 1.807) is 26.0 Å². The summed E-state index contributed by atoms with van der Waals surface area (Å²) in [5.41, 5.74) is 3.41. The number of nitrogens with one attached hydrogen (secondary N) is 1. The van der Waals surface area contributed by atoms with Gasteiger partial charge in [-0.3, -0.25) is 0 Å². The van der Waals surface area contributed by atoms with Gasteiger partial charge >= 0.3 is 0 Å². The molecule has 2 N–H and O–H groups in total. The molecule has 1 aromatic carbocycles. The van der Waals surface area contributed by atoms with Crippen LogP contribution in [0.5, 0.6) is 0 Å². The lowest BCUT2D eigenvalue weighted by molar-refractivity contribution is 0.133. The molecule has 1 aromatic rings. The van der Waals surface area contributed by atoms with Crippen LogP contribution in [0, 0.1) is 12.7 Å². The molecule has 0 spiro atoms. The Bertz CT molecular complexity index is 275. The third kappa shape index (κ3) is 1.81. The molecule has 0 saturated heterocycles. The summed E-state index contributed by atoms with van der Waals surface area (Å²) in [7, 11) is 0. The van der Waals surface area contributed by atoms with Gasteiger partial charge in [-0.25, -0.2) is 4.39 Å². The fourth-order valence-electron chi connectivity index (χ4n) is 0.953. The minimum atomic E-state index is -0.241. The summed E-state index contributed by atoms with van der Waals surface area (Å²) in [6, 6.07) is 4.66. The zero-order chi connectivity index (χ0) is 9.14. The van der Waals surface area contributed by atoms with E-state index in [1.165, 1.54) is 6.07 Å². The first-order valence-electron chi connectivity index (χ1n) is 3.81. The van der Waals surface area contributed by atoms with Gasteiger partial charge in [0.1, 0.15) is 5.82 Å². The lowest BCUT2D eigenvalue weighted by Crippen LogP contribution is -2.13. The monoisotopic (exact) mass is 169 g/mol. The second kappa shape index (κ2) is 3.65. The highest BCUT2D eigenvalue weighted by Crippen LogP contribution is 2.15. The van der Waals surface area contributed by atoms with Crippen molar-refractivity contribution in [3.05, 3.63) is 35.1 Å². The second-order valence-electron chi connectivity index (χ2n) is 2.86. The normalized spacial score (nSPS) is 13.0. The average Bonchev–Trinajstić information content (AvgIpc) is 2.08. The Kier molecular flexibility index (Phi) is 2.78.